The van der Waals surface area contributed by atoms with Gasteiger partial charge in [0.2, 0.25) is 5.91 Å². The molecule has 1 atom stereocenters. The molecule has 2 fully saturated rings. The lowest BCUT2D eigenvalue weighted by Gasteiger charge is -2.40. The summed E-state index contributed by atoms with van der Waals surface area (Å²) in [5, 5.41) is 3.18. The second kappa shape index (κ2) is 9.35. The molecule has 1 heterocycles. The summed E-state index contributed by atoms with van der Waals surface area (Å²) in [6.45, 7) is 5.17. The van der Waals surface area contributed by atoms with Gasteiger partial charge >= 0.3 is 0 Å². The van der Waals surface area contributed by atoms with Gasteiger partial charge in [0.15, 0.2) is 0 Å². The predicted octanol–water partition coefficient (Wildman–Crippen LogP) is 3.06. The first-order valence-electron chi connectivity index (χ1n) is 9.99. The van der Waals surface area contributed by atoms with E-state index in [9.17, 15) is 4.79 Å². The highest BCUT2D eigenvalue weighted by Gasteiger charge is 2.26. The molecule has 0 spiro atoms. The molecule has 3 rings (SSSR count). The Morgan fingerprint density at radius 1 is 1.12 bits per heavy atom. The molecule has 0 unspecified atom stereocenters. The van der Waals surface area contributed by atoms with Crippen LogP contribution in [0.5, 0.6) is 0 Å². The summed E-state index contributed by atoms with van der Waals surface area (Å²) in [5.41, 5.74) is 1.40. The van der Waals surface area contributed by atoms with Gasteiger partial charge in [-0.05, 0) is 31.9 Å². The van der Waals surface area contributed by atoms with Gasteiger partial charge in [-0.3, -0.25) is 9.69 Å². The minimum Gasteiger partial charge on any atom is -0.356 e. The molecule has 0 bridgehead atoms. The van der Waals surface area contributed by atoms with Gasteiger partial charge in [-0.1, -0.05) is 49.6 Å². The molecule has 1 aliphatic carbocycles. The SMILES string of the molecule is CN1CCN(CCCNC(=O)C2CCCCC2)[C@H](c2ccccc2)C1. The molecule has 1 saturated heterocycles. The highest BCUT2D eigenvalue weighted by atomic mass is 16.1. The van der Waals surface area contributed by atoms with E-state index < -0.39 is 0 Å². The quantitative estimate of drug-likeness (QED) is 0.807. The van der Waals surface area contributed by atoms with Crippen LogP contribution in [0.1, 0.15) is 50.1 Å². The van der Waals surface area contributed by atoms with E-state index in [4.69, 9.17) is 0 Å². The molecule has 1 aromatic carbocycles. The molecule has 4 heteroatoms. The van der Waals surface area contributed by atoms with Crippen molar-refractivity contribution in [2.75, 3.05) is 39.8 Å². The number of amides is 1. The molecule has 0 aromatic heterocycles. The number of rotatable bonds is 6. The number of carbonyl (C=O) groups excluding carboxylic acids is 1. The maximum Gasteiger partial charge on any atom is 0.223 e. The molecule has 1 amide bonds. The molecular weight excluding hydrogens is 310 g/mol. The van der Waals surface area contributed by atoms with Gasteiger partial charge in [-0.15, -0.1) is 0 Å². The minimum absolute atomic E-state index is 0.273. The Labute approximate surface area is 152 Å². The second-order valence-electron chi connectivity index (χ2n) is 7.70. The van der Waals surface area contributed by atoms with Crippen molar-refractivity contribution in [1.82, 2.24) is 15.1 Å². The van der Waals surface area contributed by atoms with E-state index in [0.717, 1.165) is 52.0 Å². The molecule has 1 aliphatic heterocycles. The lowest BCUT2D eigenvalue weighted by atomic mass is 9.89. The third-order valence-corrected chi connectivity index (χ3v) is 5.78. The summed E-state index contributed by atoms with van der Waals surface area (Å²) in [7, 11) is 2.21. The fourth-order valence-corrected chi connectivity index (χ4v) is 4.22. The zero-order valence-corrected chi connectivity index (χ0v) is 15.6. The normalized spacial score (nSPS) is 23.5. The van der Waals surface area contributed by atoms with E-state index >= 15 is 0 Å². The summed E-state index contributed by atoms with van der Waals surface area (Å²) < 4.78 is 0. The van der Waals surface area contributed by atoms with Crippen molar-refractivity contribution in [2.45, 2.75) is 44.6 Å². The van der Waals surface area contributed by atoms with Gasteiger partial charge in [0.1, 0.15) is 0 Å². The van der Waals surface area contributed by atoms with Crippen LogP contribution in [0.15, 0.2) is 30.3 Å². The van der Waals surface area contributed by atoms with Crippen LogP contribution in [0.2, 0.25) is 0 Å². The van der Waals surface area contributed by atoms with Gasteiger partial charge in [0, 0.05) is 44.7 Å². The van der Waals surface area contributed by atoms with Crippen LogP contribution >= 0.6 is 0 Å². The topological polar surface area (TPSA) is 35.6 Å². The van der Waals surface area contributed by atoms with Crippen LogP contribution in [0.25, 0.3) is 0 Å². The average molecular weight is 344 g/mol. The molecule has 1 aromatic rings. The predicted molar refractivity (Wildman–Crippen MR) is 102 cm³/mol. The Morgan fingerprint density at radius 2 is 1.88 bits per heavy atom. The standard InChI is InChI=1S/C21H33N3O/c1-23-15-16-24(20(17-23)18-9-4-2-5-10-18)14-8-13-22-21(25)19-11-6-3-7-12-19/h2,4-5,9-10,19-20H,3,6-8,11-17H2,1H3,(H,22,25)/t20-/m0/s1. The van der Waals surface area contributed by atoms with Crippen LogP contribution in [-0.4, -0.2) is 55.5 Å². The van der Waals surface area contributed by atoms with E-state index in [1.54, 1.807) is 0 Å². The van der Waals surface area contributed by atoms with Crippen molar-refractivity contribution >= 4 is 5.91 Å². The van der Waals surface area contributed by atoms with Crippen LogP contribution < -0.4 is 5.32 Å². The second-order valence-corrected chi connectivity index (χ2v) is 7.70. The molecule has 1 saturated carbocycles. The summed E-state index contributed by atoms with van der Waals surface area (Å²) in [6.07, 6.45) is 6.94. The third kappa shape index (κ3) is 5.29. The largest absolute Gasteiger partial charge is 0.356 e. The van der Waals surface area contributed by atoms with Crippen LogP contribution in [0.4, 0.5) is 0 Å². The lowest BCUT2D eigenvalue weighted by Crippen LogP contribution is -2.47. The van der Waals surface area contributed by atoms with E-state index in [-0.39, 0.29) is 11.8 Å². The Balaban J connectivity index is 1.45. The maximum atomic E-state index is 12.2. The molecule has 1 N–H and O–H groups in total. The Hall–Kier alpha value is -1.39. The van der Waals surface area contributed by atoms with E-state index in [2.05, 4.69) is 52.5 Å². The van der Waals surface area contributed by atoms with Gasteiger partial charge in [0.25, 0.3) is 0 Å². The Kier molecular flexibility index (Phi) is 6.88. The first-order valence-corrected chi connectivity index (χ1v) is 9.99. The fourth-order valence-electron chi connectivity index (χ4n) is 4.22. The van der Waals surface area contributed by atoms with Gasteiger partial charge in [-0.2, -0.15) is 0 Å². The smallest absolute Gasteiger partial charge is 0.223 e. The summed E-state index contributed by atoms with van der Waals surface area (Å²) >= 11 is 0. The molecule has 4 nitrogen and oxygen atoms in total. The monoisotopic (exact) mass is 343 g/mol. The molecule has 0 radical (unpaired) electrons. The van der Waals surface area contributed by atoms with Gasteiger partial charge in [0.05, 0.1) is 0 Å². The van der Waals surface area contributed by atoms with Crippen molar-refractivity contribution < 1.29 is 4.79 Å². The van der Waals surface area contributed by atoms with E-state index in [1.165, 1.54) is 24.8 Å². The van der Waals surface area contributed by atoms with E-state index in [0.29, 0.717) is 6.04 Å². The van der Waals surface area contributed by atoms with Gasteiger partial charge in [-0.25, -0.2) is 0 Å². The number of likely N-dealkylation sites (N-methyl/N-ethyl adjacent to an activating group) is 1. The first kappa shape index (κ1) is 18.4. The van der Waals surface area contributed by atoms with E-state index in [1.807, 2.05) is 0 Å². The number of hydrogen-bond donors (Lipinski definition) is 1. The highest BCUT2D eigenvalue weighted by Crippen LogP contribution is 2.25. The van der Waals surface area contributed by atoms with Crippen LogP contribution in [-0.2, 0) is 4.79 Å². The highest BCUT2D eigenvalue weighted by molar-refractivity contribution is 5.78. The van der Waals surface area contributed by atoms with Crippen LogP contribution in [0.3, 0.4) is 0 Å². The maximum absolute atomic E-state index is 12.2. The average Bonchev–Trinajstić information content (AvgIpc) is 2.67. The molecular formula is C21H33N3O. The number of hydrogen-bond acceptors (Lipinski definition) is 3. The number of nitrogens with one attached hydrogen (secondary N) is 1. The lowest BCUT2D eigenvalue weighted by molar-refractivity contribution is -0.125. The third-order valence-electron chi connectivity index (χ3n) is 5.78. The van der Waals surface area contributed by atoms with Gasteiger partial charge < -0.3 is 10.2 Å². The van der Waals surface area contributed by atoms with Crippen molar-refractivity contribution in [2.24, 2.45) is 5.92 Å². The van der Waals surface area contributed by atoms with Crippen LogP contribution in [0, 0.1) is 5.92 Å². The number of piperazine rings is 1. The fraction of sp³-hybridized carbons (Fsp3) is 0.667. The zero-order chi connectivity index (χ0) is 17.5. The summed E-state index contributed by atoms with van der Waals surface area (Å²) in [5.74, 6) is 0.562. The number of carbonyl (C=O) groups is 1. The molecule has 138 valence electrons. The number of nitrogens with zero attached hydrogens (tertiary/aromatic N) is 2. The first-order chi connectivity index (χ1) is 12.2. The van der Waals surface area contributed by atoms with Crippen molar-refractivity contribution in [1.29, 1.82) is 0 Å². The number of benzene rings is 1. The Morgan fingerprint density at radius 3 is 2.64 bits per heavy atom. The minimum atomic E-state index is 0.273. The Bertz CT molecular complexity index is 527. The molecule has 2 aliphatic rings. The summed E-state index contributed by atoms with van der Waals surface area (Å²) in [4.78, 5) is 17.2. The summed E-state index contributed by atoms with van der Waals surface area (Å²) in [6, 6.07) is 11.3. The zero-order valence-electron chi connectivity index (χ0n) is 15.6. The van der Waals surface area contributed by atoms with Crippen molar-refractivity contribution in [3.05, 3.63) is 35.9 Å². The molecule has 25 heavy (non-hydrogen) atoms. The van der Waals surface area contributed by atoms with Crippen molar-refractivity contribution in [3.8, 4) is 0 Å². The van der Waals surface area contributed by atoms with Crippen molar-refractivity contribution in [3.63, 3.8) is 0 Å².